The van der Waals surface area contributed by atoms with E-state index >= 15 is 0 Å². The summed E-state index contributed by atoms with van der Waals surface area (Å²) >= 11 is 0. The molecule has 3 aromatic carbocycles. The number of amides is 2. The van der Waals surface area contributed by atoms with Gasteiger partial charge in [0.2, 0.25) is 11.8 Å². The first kappa shape index (κ1) is 31.7. The molecule has 8 nitrogen and oxygen atoms in total. The van der Waals surface area contributed by atoms with E-state index < -0.39 is 28.5 Å². The number of carbonyl (C=O) groups excluding carboxylic acids is 2. The predicted molar refractivity (Wildman–Crippen MR) is 163 cm³/mol. The van der Waals surface area contributed by atoms with Crippen LogP contribution < -0.4 is 14.4 Å². The van der Waals surface area contributed by atoms with Gasteiger partial charge in [-0.2, -0.15) is 0 Å². The van der Waals surface area contributed by atoms with Crippen molar-refractivity contribution in [3.8, 4) is 5.75 Å². The molecule has 0 bridgehead atoms. The molecule has 0 aliphatic rings. The van der Waals surface area contributed by atoms with E-state index in [-0.39, 0.29) is 29.1 Å². The van der Waals surface area contributed by atoms with Crippen molar-refractivity contribution < 1.29 is 22.7 Å². The first-order valence-corrected chi connectivity index (χ1v) is 15.5. The van der Waals surface area contributed by atoms with E-state index in [0.717, 1.165) is 21.9 Å². The number of hydrogen-bond acceptors (Lipinski definition) is 5. The van der Waals surface area contributed by atoms with Crippen molar-refractivity contribution in [3.63, 3.8) is 0 Å². The van der Waals surface area contributed by atoms with Crippen LogP contribution in [0.15, 0.2) is 83.8 Å². The van der Waals surface area contributed by atoms with Crippen molar-refractivity contribution in [3.05, 3.63) is 90.0 Å². The Morgan fingerprint density at radius 3 is 2.17 bits per heavy atom. The highest BCUT2D eigenvalue weighted by atomic mass is 32.2. The molecule has 2 amide bonds. The van der Waals surface area contributed by atoms with E-state index in [9.17, 15) is 18.0 Å². The number of nitrogens with one attached hydrogen (secondary N) is 1. The zero-order valence-electron chi connectivity index (χ0n) is 24.5. The number of ether oxygens (including phenoxy) is 1. The summed E-state index contributed by atoms with van der Waals surface area (Å²) < 4.78 is 34.9. The maximum Gasteiger partial charge on any atom is 0.264 e. The summed E-state index contributed by atoms with van der Waals surface area (Å²) in [5.41, 5.74) is 2.17. The van der Waals surface area contributed by atoms with Crippen LogP contribution in [0.2, 0.25) is 0 Å². The highest BCUT2D eigenvalue weighted by Crippen LogP contribution is 2.33. The van der Waals surface area contributed by atoms with Gasteiger partial charge in [0.05, 0.1) is 17.2 Å². The Labute approximate surface area is 244 Å². The number of carbonyl (C=O) groups is 2. The van der Waals surface area contributed by atoms with Gasteiger partial charge in [-0.1, -0.05) is 67.1 Å². The second-order valence-electron chi connectivity index (χ2n) is 10.0. The first-order valence-electron chi connectivity index (χ1n) is 14.0. The molecule has 0 spiro atoms. The van der Waals surface area contributed by atoms with Gasteiger partial charge in [0.25, 0.3) is 10.0 Å². The van der Waals surface area contributed by atoms with Gasteiger partial charge in [-0.3, -0.25) is 13.9 Å². The third-order valence-electron chi connectivity index (χ3n) is 6.97. The molecule has 0 aliphatic carbocycles. The molecule has 3 aromatic rings. The van der Waals surface area contributed by atoms with Gasteiger partial charge in [0, 0.05) is 12.6 Å². The van der Waals surface area contributed by atoms with E-state index in [1.54, 1.807) is 43.3 Å². The lowest BCUT2D eigenvalue weighted by Crippen LogP contribution is -2.53. The van der Waals surface area contributed by atoms with E-state index in [1.807, 2.05) is 58.0 Å². The zero-order valence-corrected chi connectivity index (χ0v) is 25.4. The molecule has 0 radical (unpaired) electrons. The lowest BCUT2D eigenvalue weighted by atomic mass is 10.1. The van der Waals surface area contributed by atoms with Gasteiger partial charge in [-0.05, 0) is 70.4 Å². The summed E-state index contributed by atoms with van der Waals surface area (Å²) in [7, 11) is -4.17. The van der Waals surface area contributed by atoms with Crippen LogP contribution in [-0.4, -0.2) is 56.9 Å². The summed E-state index contributed by atoms with van der Waals surface area (Å²) in [5, 5.41) is 2.95. The fourth-order valence-electron chi connectivity index (χ4n) is 4.33. The summed E-state index contributed by atoms with van der Waals surface area (Å²) in [6.07, 6.45) is 1.25. The molecule has 0 unspecified atom stereocenters. The number of aryl methyl sites for hydroxylation is 1. The van der Waals surface area contributed by atoms with E-state index in [2.05, 4.69) is 5.32 Å². The molecule has 0 heterocycles. The molecule has 2 atom stereocenters. The fraction of sp³-hybridized carbons (Fsp3) is 0.375. The summed E-state index contributed by atoms with van der Waals surface area (Å²) in [4.78, 5) is 28.7. The first-order chi connectivity index (χ1) is 19.6. The van der Waals surface area contributed by atoms with Gasteiger partial charge < -0.3 is 15.0 Å². The monoisotopic (exact) mass is 579 g/mol. The highest BCUT2D eigenvalue weighted by molar-refractivity contribution is 7.92. The largest absolute Gasteiger partial charge is 0.492 e. The number of hydrogen-bond donors (Lipinski definition) is 1. The van der Waals surface area contributed by atoms with Crippen LogP contribution >= 0.6 is 0 Å². The van der Waals surface area contributed by atoms with Crippen LogP contribution in [-0.2, 0) is 26.0 Å². The molecule has 9 heteroatoms. The average Bonchev–Trinajstić information content (AvgIpc) is 2.97. The second-order valence-corrected chi connectivity index (χ2v) is 11.9. The zero-order chi connectivity index (χ0) is 30.0. The van der Waals surface area contributed by atoms with Crippen molar-refractivity contribution in [2.24, 2.45) is 0 Å². The average molecular weight is 580 g/mol. The molecule has 220 valence electrons. The third kappa shape index (κ3) is 8.33. The SMILES string of the molecule is CCOc1ccccc1N(CC(=O)N(CCc1ccccc1)[C@@H](C)C(=O)N[C@@H](C)CC)S(=O)(=O)c1ccc(C)cc1. The number of nitrogens with zero attached hydrogens (tertiary/aromatic N) is 2. The molecule has 0 saturated carbocycles. The fourth-order valence-corrected chi connectivity index (χ4v) is 5.75. The quantitative estimate of drug-likeness (QED) is 0.291. The molecular formula is C32H41N3O5S. The number of rotatable bonds is 14. The van der Waals surface area contributed by atoms with Gasteiger partial charge in [0.1, 0.15) is 18.3 Å². The minimum atomic E-state index is -4.17. The number of sulfonamides is 1. The van der Waals surface area contributed by atoms with E-state index in [4.69, 9.17) is 4.74 Å². The van der Waals surface area contributed by atoms with Crippen molar-refractivity contribution in [2.75, 3.05) is 24.0 Å². The minimum absolute atomic E-state index is 0.0561. The molecule has 3 rings (SSSR count). The van der Waals surface area contributed by atoms with E-state index in [0.29, 0.717) is 18.8 Å². The smallest absolute Gasteiger partial charge is 0.264 e. The second kappa shape index (κ2) is 14.7. The van der Waals surface area contributed by atoms with Crippen LogP contribution in [0.4, 0.5) is 5.69 Å². The van der Waals surface area contributed by atoms with Gasteiger partial charge >= 0.3 is 0 Å². The number of para-hydroxylation sites is 2. The maximum absolute atomic E-state index is 14.0. The van der Waals surface area contributed by atoms with Crippen molar-refractivity contribution >= 4 is 27.5 Å². The number of benzene rings is 3. The molecule has 41 heavy (non-hydrogen) atoms. The van der Waals surface area contributed by atoms with Gasteiger partial charge in [-0.25, -0.2) is 8.42 Å². The Hall–Kier alpha value is -3.85. The lowest BCUT2D eigenvalue weighted by Gasteiger charge is -2.33. The molecule has 0 saturated heterocycles. The normalized spacial score (nSPS) is 12.7. The third-order valence-corrected chi connectivity index (χ3v) is 8.75. The van der Waals surface area contributed by atoms with Crippen molar-refractivity contribution in [1.82, 2.24) is 10.2 Å². The molecule has 0 aromatic heterocycles. The minimum Gasteiger partial charge on any atom is -0.492 e. The standard InChI is InChI=1S/C32H41N3O5S/c1-6-25(4)33-32(37)26(5)34(22-21-27-13-9-8-10-14-27)31(36)23-35(29-15-11-12-16-30(29)40-7-2)41(38,39)28-19-17-24(3)18-20-28/h8-20,25-26H,6-7,21-23H2,1-5H3,(H,33,37)/t25-,26-/m0/s1. The number of anilines is 1. The highest BCUT2D eigenvalue weighted by Gasteiger charge is 2.33. The van der Waals surface area contributed by atoms with Crippen LogP contribution in [0, 0.1) is 6.92 Å². The van der Waals surface area contributed by atoms with Crippen molar-refractivity contribution in [2.45, 2.75) is 64.4 Å². The predicted octanol–water partition coefficient (Wildman–Crippen LogP) is 4.96. The Bertz CT molecular complexity index is 1390. The summed E-state index contributed by atoms with van der Waals surface area (Å²) in [6, 6.07) is 22.0. The van der Waals surface area contributed by atoms with Gasteiger partial charge in [-0.15, -0.1) is 0 Å². The van der Waals surface area contributed by atoms with Crippen LogP contribution in [0.3, 0.4) is 0 Å². The van der Waals surface area contributed by atoms with Crippen LogP contribution in [0.25, 0.3) is 0 Å². The maximum atomic E-state index is 14.0. The van der Waals surface area contributed by atoms with E-state index in [1.165, 1.54) is 17.0 Å². The summed E-state index contributed by atoms with van der Waals surface area (Å²) in [6.45, 7) is 9.29. The molecule has 1 N–H and O–H groups in total. The van der Waals surface area contributed by atoms with Crippen LogP contribution in [0.1, 0.15) is 45.2 Å². The lowest BCUT2D eigenvalue weighted by molar-refractivity contribution is -0.139. The molecular weight excluding hydrogens is 538 g/mol. The Kier molecular flexibility index (Phi) is 11.3. The van der Waals surface area contributed by atoms with Crippen LogP contribution in [0.5, 0.6) is 5.75 Å². The Morgan fingerprint density at radius 2 is 1.54 bits per heavy atom. The Morgan fingerprint density at radius 1 is 0.902 bits per heavy atom. The molecule has 0 aliphatic heterocycles. The van der Waals surface area contributed by atoms with Crippen molar-refractivity contribution in [1.29, 1.82) is 0 Å². The molecule has 0 fully saturated rings. The summed E-state index contributed by atoms with van der Waals surface area (Å²) in [5.74, 6) is -0.435. The Balaban J connectivity index is 2.02. The van der Waals surface area contributed by atoms with Gasteiger partial charge in [0.15, 0.2) is 0 Å². The topological polar surface area (TPSA) is 96.0 Å².